The smallest absolute Gasteiger partial charge is 0.0246 e. The molecule has 0 heterocycles. The van der Waals surface area contributed by atoms with Crippen LogP contribution < -0.4 is 5.73 Å². The topological polar surface area (TPSA) is 29.3 Å². The van der Waals surface area contributed by atoms with Crippen molar-refractivity contribution in [3.63, 3.8) is 0 Å². The molecular weight excluding hydrogens is 196 g/mol. The summed E-state index contributed by atoms with van der Waals surface area (Å²) in [5.74, 6) is 0.886. The Hall–Kier alpha value is -0.0800. The van der Waals surface area contributed by atoms with Gasteiger partial charge >= 0.3 is 0 Å². The summed E-state index contributed by atoms with van der Waals surface area (Å²) in [6.45, 7) is 0.859. The van der Waals surface area contributed by atoms with E-state index in [9.17, 15) is 0 Å². The van der Waals surface area contributed by atoms with Crippen molar-refractivity contribution in [2.24, 2.45) is 11.7 Å². The molecule has 1 atom stereocenters. The van der Waals surface area contributed by atoms with Crippen LogP contribution in [0.15, 0.2) is 0 Å². The van der Waals surface area contributed by atoms with Crippen molar-refractivity contribution >= 4 is 0 Å². The molecule has 0 aromatic carbocycles. The average molecular weight is 224 g/mol. The maximum Gasteiger partial charge on any atom is 0.0246 e. The number of hydrogen-bond acceptors (Lipinski definition) is 2. The second-order valence-electron chi connectivity index (χ2n) is 5.80. The Morgan fingerprint density at radius 2 is 1.56 bits per heavy atom. The summed E-state index contributed by atoms with van der Waals surface area (Å²) in [5, 5.41) is 0. The third kappa shape index (κ3) is 2.78. The molecule has 2 fully saturated rings. The van der Waals surface area contributed by atoms with Gasteiger partial charge in [0.25, 0.3) is 0 Å². The maximum absolute atomic E-state index is 6.02. The number of nitrogens with two attached hydrogens (primary N) is 1. The second kappa shape index (κ2) is 6.02. The summed E-state index contributed by atoms with van der Waals surface area (Å²) in [5.41, 5.74) is 6.02. The van der Waals surface area contributed by atoms with E-state index in [0.29, 0.717) is 6.04 Å². The molecule has 2 rings (SSSR count). The Morgan fingerprint density at radius 1 is 1.00 bits per heavy atom. The fraction of sp³-hybridized carbons (Fsp3) is 1.00. The van der Waals surface area contributed by atoms with E-state index in [2.05, 4.69) is 11.9 Å². The van der Waals surface area contributed by atoms with Gasteiger partial charge in [-0.3, -0.25) is 4.90 Å². The minimum atomic E-state index is 0.658. The highest BCUT2D eigenvalue weighted by molar-refractivity contribution is 4.86. The van der Waals surface area contributed by atoms with Gasteiger partial charge in [0.1, 0.15) is 0 Å². The van der Waals surface area contributed by atoms with E-state index in [1.807, 2.05) is 0 Å². The zero-order valence-corrected chi connectivity index (χ0v) is 10.8. The molecule has 0 saturated heterocycles. The fourth-order valence-electron chi connectivity index (χ4n) is 3.79. The number of hydrogen-bond donors (Lipinski definition) is 1. The molecule has 1 unspecified atom stereocenters. The van der Waals surface area contributed by atoms with Crippen LogP contribution in [0, 0.1) is 5.92 Å². The van der Waals surface area contributed by atoms with Gasteiger partial charge in [0.05, 0.1) is 0 Å². The highest BCUT2D eigenvalue weighted by Gasteiger charge is 2.30. The van der Waals surface area contributed by atoms with Crippen LogP contribution in [0.25, 0.3) is 0 Å². The van der Waals surface area contributed by atoms with E-state index in [1.165, 1.54) is 57.8 Å². The Balaban J connectivity index is 1.90. The van der Waals surface area contributed by atoms with Gasteiger partial charge in [0.15, 0.2) is 0 Å². The first-order chi connectivity index (χ1) is 7.83. The first-order valence-electron chi connectivity index (χ1n) is 7.25. The van der Waals surface area contributed by atoms with Crippen LogP contribution in [0.5, 0.6) is 0 Å². The first kappa shape index (κ1) is 12.4. The van der Waals surface area contributed by atoms with Crippen LogP contribution in [0.4, 0.5) is 0 Å². The maximum atomic E-state index is 6.02. The molecule has 0 aromatic heterocycles. The number of likely N-dealkylation sites (N-methyl/N-ethyl adjacent to an activating group) is 1. The highest BCUT2D eigenvalue weighted by atomic mass is 15.2. The van der Waals surface area contributed by atoms with Crippen LogP contribution in [0.1, 0.15) is 57.8 Å². The molecule has 2 aliphatic rings. The second-order valence-corrected chi connectivity index (χ2v) is 5.80. The molecule has 2 heteroatoms. The molecule has 2 N–H and O–H groups in total. The number of rotatable bonds is 4. The van der Waals surface area contributed by atoms with E-state index >= 15 is 0 Å². The van der Waals surface area contributed by atoms with Gasteiger partial charge in [0.2, 0.25) is 0 Å². The van der Waals surface area contributed by atoms with E-state index in [0.717, 1.165) is 18.5 Å². The van der Waals surface area contributed by atoms with E-state index in [-0.39, 0.29) is 0 Å². The zero-order valence-electron chi connectivity index (χ0n) is 10.8. The Bertz CT molecular complexity index is 193. The van der Waals surface area contributed by atoms with Gasteiger partial charge in [0, 0.05) is 18.6 Å². The molecular formula is C14H28N2. The molecule has 0 amide bonds. The Labute approximate surface area is 101 Å². The highest BCUT2D eigenvalue weighted by Crippen LogP contribution is 2.32. The predicted molar refractivity (Wildman–Crippen MR) is 69.4 cm³/mol. The molecule has 0 aromatic rings. The van der Waals surface area contributed by atoms with Crippen molar-refractivity contribution in [2.45, 2.75) is 69.9 Å². The molecule has 94 valence electrons. The minimum absolute atomic E-state index is 0.658. The van der Waals surface area contributed by atoms with E-state index in [4.69, 9.17) is 5.73 Å². The molecule has 0 bridgehead atoms. The monoisotopic (exact) mass is 224 g/mol. The lowest BCUT2D eigenvalue weighted by atomic mass is 9.90. The summed E-state index contributed by atoms with van der Waals surface area (Å²) in [7, 11) is 2.33. The number of nitrogens with zero attached hydrogens (tertiary/aromatic N) is 1. The molecule has 2 nitrogen and oxygen atoms in total. The van der Waals surface area contributed by atoms with E-state index < -0.39 is 0 Å². The van der Waals surface area contributed by atoms with Gasteiger partial charge in [-0.2, -0.15) is 0 Å². The summed E-state index contributed by atoms with van der Waals surface area (Å²) >= 11 is 0. The lowest BCUT2D eigenvalue weighted by Crippen LogP contribution is -2.48. The van der Waals surface area contributed by atoms with Crippen LogP contribution >= 0.6 is 0 Å². The third-order valence-corrected chi connectivity index (χ3v) is 4.86. The Morgan fingerprint density at radius 3 is 2.12 bits per heavy atom. The molecule has 2 aliphatic carbocycles. The van der Waals surface area contributed by atoms with Gasteiger partial charge in [-0.15, -0.1) is 0 Å². The standard InChI is InChI=1S/C14H28N2/c1-16(13-9-3-2-4-10-13)14(11-15)12-7-5-6-8-12/h12-14H,2-11,15H2,1H3. The van der Waals surface area contributed by atoms with Gasteiger partial charge < -0.3 is 5.73 Å². The molecule has 0 spiro atoms. The van der Waals surface area contributed by atoms with Crippen molar-refractivity contribution < 1.29 is 0 Å². The molecule has 0 aliphatic heterocycles. The van der Waals surface area contributed by atoms with Gasteiger partial charge in [-0.1, -0.05) is 32.1 Å². The molecule has 2 saturated carbocycles. The van der Waals surface area contributed by atoms with Crippen molar-refractivity contribution in [3.05, 3.63) is 0 Å². The van der Waals surface area contributed by atoms with Crippen LogP contribution in [-0.2, 0) is 0 Å². The van der Waals surface area contributed by atoms with Crippen molar-refractivity contribution in [3.8, 4) is 0 Å². The lowest BCUT2D eigenvalue weighted by molar-refractivity contribution is 0.103. The summed E-state index contributed by atoms with van der Waals surface area (Å²) in [4.78, 5) is 2.63. The van der Waals surface area contributed by atoms with Crippen molar-refractivity contribution in [1.29, 1.82) is 0 Å². The van der Waals surface area contributed by atoms with Crippen LogP contribution in [0.3, 0.4) is 0 Å². The largest absolute Gasteiger partial charge is 0.329 e. The van der Waals surface area contributed by atoms with Gasteiger partial charge in [-0.05, 0) is 38.6 Å². The molecule has 16 heavy (non-hydrogen) atoms. The Kier molecular flexibility index (Phi) is 4.66. The SMILES string of the molecule is CN(C1CCCCC1)C(CN)C1CCCC1. The zero-order chi connectivity index (χ0) is 11.4. The predicted octanol–water partition coefficient (Wildman–Crippen LogP) is 2.77. The van der Waals surface area contributed by atoms with Gasteiger partial charge in [-0.25, -0.2) is 0 Å². The van der Waals surface area contributed by atoms with Crippen molar-refractivity contribution in [1.82, 2.24) is 4.90 Å². The average Bonchev–Trinajstić information content (AvgIpc) is 2.85. The van der Waals surface area contributed by atoms with Crippen LogP contribution in [-0.4, -0.2) is 30.6 Å². The summed E-state index contributed by atoms with van der Waals surface area (Å²) < 4.78 is 0. The van der Waals surface area contributed by atoms with E-state index in [1.54, 1.807) is 0 Å². The van der Waals surface area contributed by atoms with Crippen LogP contribution in [0.2, 0.25) is 0 Å². The lowest BCUT2D eigenvalue weighted by Gasteiger charge is -2.39. The summed E-state index contributed by atoms with van der Waals surface area (Å²) in [6.07, 6.45) is 12.8. The normalized spacial score (nSPS) is 26.4. The minimum Gasteiger partial charge on any atom is -0.329 e. The quantitative estimate of drug-likeness (QED) is 0.795. The van der Waals surface area contributed by atoms with Crippen molar-refractivity contribution in [2.75, 3.05) is 13.6 Å². The fourth-order valence-corrected chi connectivity index (χ4v) is 3.79. The first-order valence-corrected chi connectivity index (χ1v) is 7.25. The third-order valence-electron chi connectivity index (χ3n) is 4.86. The summed E-state index contributed by atoms with van der Waals surface area (Å²) in [6, 6.07) is 1.48. The molecule has 0 radical (unpaired) electrons.